The molecular formula is C21H25NO7. The molecule has 2 aliphatic carbocycles. The maximum atomic E-state index is 12.5. The number of aliphatic hydroxyl groups is 3. The van der Waals surface area contributed by atoms with Crippen molar-refractivity contribution in [1.82, 2.24) is 0 Å². The third-order valence-corrected chi connectivity index (χ3v) is 7.06. The lowest BCUT2D eigenvalue weighted by Gasteiger charge is -2.35. The molecule has 0 aromatic heterocycles. The molecule has 2 aliphatic heterocycles. The molecule has 1 saturated heterocycles. The van der Waals surface area contributed by atoms with Gasteiger partial charge in [-0.1, -0.05) is 12.1 Å². The number of carbonyl (C=O) groups excluding carboxylic acids is 2. The van der Waals surface area contributed by atoms with Crippen LogP contribution in [0.15, 0.2) is 18.2 Å². The van der Waals surface area contributed by atoms with Gasteiger partial charge in [0, 0.05) is 23.8 Å². The number of anilines is 1. The summed E-state index contributed by atoms with van der Waals surface area (Å²) in [5.74, 6) is -0.224. The summed E-state index contributed by atoms with van der Waals surface area (Å²) in [7, 11) is 0. The van der Waals surface area contributed by atoms with Gasteiger partial charge >= 0.3 is 0 Å². The normalized spacial score (nSPS) is 43.4. The second-order valence-electron chi connectivity index (χ2n) is 8.66. The topological polar surface area (TPSA) is 125 Å². The SMILES string of the molecule is CC1C(=O)C2CC3Nc4c(OC5OCC(O)C(O)C5O)cccc4C3CC2C1=O. The number of hydrogen-bond donors (Lipinski definition) is 4. The van der Waals surface area contributed by atoms with Crippen LogP contribution in [0.25, 0.3) is 0 Å². The highest BCUT2D eigenvalue weighted by Gasteiger charge is 2.54. The van der Waals surface area contributed by atoms with Gasteiger partial charge in [0.1, 0.15) is 35.6 Å². The van der Waals surface area contributed by atoms with Crippen LogP contribution >= 0.6 is 0 Å². The van der Waals surface area contributed by atoms with Crippen LogP contribution in [0.5, 0.6) is 5.75 Å². The molecular weight excluding hydrogens is 378 g/mol. The van der Waals surface area contributed by atoms with Gasteiger partial charge in [-0.15, -0.1) is 0 Å². The number of ether oxygens (including phenoxy) is 2. The molecule has 9 atom stereocenters. The zero-order valence-electron chi connectivity index (χ0n) is 16.0. The quantitative estimate of drug-likeness (QED) is 0.516. The van der Waals surface area contributed by atoms with Gasteiger partial charge in [-0.3, -0.25) is 9.59 Å². The molecule has 2 saturated carbocycles. The van der Waals surface area contributed by atoms with E-state index >= 15 is 0 Å². The number of aliphatic hydroxyl groups excluding tert-OH is 3. The Morgan fingerprint density at radius 1 is 1.03 bits per heavy atom. The van der Waals surface area contributed by atoms with Crippen LogP contribution in [0.3, 0.4) is 0 Å². The van der Waals surface area contributed by atoms with E-state index in [0.29, 0.717) is 18.6 Å². The van der Waals surface area contributed by atoms with Crippen molar-refractivity contribution in [3.05, 3.63) is 23.8 Å². The zero-order chi connectivity index (χ0) is 20.4. The van der Waals surface area contributed by atoms with Crippen LogP contribution in [-0.4, -0.2) is 64.1 Å². The van der Waals surface area contributed by atoms with Gasteiger partial charge < -0.3 is 30.1 Å². The summed E-state index contributed by atoms with van der Waals surface area (Å²) in [6.45, 7) is 1.58. The van der Waals surface area contributed by atoms with Crippen molar-refractivity contribution in [3.63, 3.8) is 0 Å². The van der Waals surface area contributed by atoms with Crippen molar-refractivity contribution in [3.8, 4) is 5.75 Å². The lowest BCUT2D eigenvalue weighted by atomic mass is 9.71. The summed E-state index contributed by atoms with van der Waals surface area (Å²) >= 11 is 0. The molecule has 2 heterocycles. The van der Waals surface area contributed by atoms with Gasteiger partial charge in [-0.2, -0.15) is 0 Å². The van der Waals surface area contributed by atoms with Crippen LogP contribution in [0.4, 0.5) is 5.69 Å². The first-order valence-electron chi connectivity index (χ1n) is 10.2. The zero-order valence-corrected chi connectivity index (χ0v) is 16.0. The lowest BCUT2D eigenvalue weighted by Crippen LogP contribution is -2.54. The Balaban J connectivity index is 1.39. The number of nitrogens with one attached hydrogen (secondary N) is 1. The smallest absolute Gasteiger partial charge is 0.228 e. The third kappa shape index (κ3) is 2.81. The average molecular weight is 403 g/mol. The number of fused-ring (bicyclic) bond motifs is 4. The first-order chi connectivity index (χ1) is 13.9. The molecule has 4 aliphatic rings. The second kappa shape index (κ2) is 6.77. The Bertz CT molecular complexity index is 857. The van der Waals surface area contributed by atoms with E-state index in [4.69, 9.17) is 9.47 Å². The summed E-state index contributed by atoms with van der Waals surface area (Å²) in [4.78, 5) is 25.0. The fourth-order valence-corrected chi connectivity index (χ4v) is 5.42. The number of carbonyl (C=O) groups is 2. The maximum absolute atomic E-state index is 12.5. The molecule has 0 radical (unpaired) electrons. The van der Waals surface area contributed by atoms with Gasteiger partial charge in [0.25, 0.3) is 0 Å². The first kappa shape index (κ1) is 19.0. The fraction of sp³-hybridized carbons (Fsp3) is 0.619. The Morgan fingerprint density at radius 3 is 2.52 bits per heavy atom. The van der Waals surface area contributed by atoms with Gasteiger partial charge in [0.05, 0.1) is 18.2 Å². The molecule has 0 amide bonds. The fourth-order valence-electron chi connectivity index (χ4n) is 5.42. The van der Waals surface area contributed by atoms with Crippen molar-refractivity contribution in [2.75, 3.05) is 11.9 Å². The third-order valence-electron chi connectivity index (χ3n) is 7.06. The Kier molecular flexibility index (Phi) is 4.43. The summed E-state index contributed by atoms with van der Waals surface area (Å²) < 4.78 is 11.2. The predicted molar refractivity (Wildman–Crippen MR) is 100 cm³/mol. The van der Waals surface area contributed by atoms with Crippen molar-refractivity contribution >= 4 is 17.3 Å². The average Bonchev–Trinajstić information content (AvgIpc) is 3.19. The summed E-state index contributed by atoms with van der Waals surface area (Å²) in [6, 6.07) is 5.62. The molecule has 9 unspecified atom stereocenters. The standard InChI is InChI=1S/C21H25NO7/c1-8-17(24)11-5-10-9-3-2-4-15(16(9)22-13(10)6-12(11)18(8)25)29-21-20(27)19(26)14(23)7-28-21/h2-4,8,10-14,19-23,26-27H,5-7H2,1H3. The van der Waals surface area contributed by atoms with Gasteiger partial charge in [-0.25, -0.2) is 0 Å². The van der Waals surface area contributed by atoms with Gasteiger partial charge in [0.15, 0.2) is 0 Å². The van der Waals surface area contributed by atoms with Crippen molar-refractivity contribution in [2.45, 2.75) is 56.3 Å². The molecule has 1 aromatic carbocycles. The van der Waals surface area contributed by atoms with E-state index in [-0.39, 0.29) is 42.0 Å². The van der Waals surface area contributed by atoms with Crippen LogP contribution < -0.4 is 10.1 Å². The highest BCUT2D eigenvalue weighted by Crippen LogP contribution is 2.53. The lowest BCUT2D eigenvalue weighted by molar-refractivity contribution is -0.241. The number of ketones is 2. The summed E-state index contributed by atoms with van der Waals surface area (Å²) in [6.07, 6.45) is -3.74. The molecule has 8 nitrogen and oxygen atoms in total. The first-order valence-corrected chi connectivity index (χ1v) is 10.2. The molecule has 0 bridgehead atoms. The number of Topliss-reactive ketones (excluding diaryl/α,β-unsaturated/α-hetero) is 2. The summed E-state index contributed by atoms with van der Waals surface area (Å²) in [5.41, 5.74) is 1.79. The van der Waals surface area contributed by atoms with E-state index < -0.39 is 30.5 Å². The number of hydrogen-bond acceptors (Lipinski definition) is 8. The monoisotopic (exact) mass is 403 g/mol. The number of benzene rings is 1. The van der Waals surface area contributed by atoms with Crippen LogP contribution in [0, 0.1) is 17.8 Å². The van der Waals surface area contributed by atoms with Crippen molar-refractivity contribution in [2.24, 2.45) is 17.8 Å². The van der Waals surface area contributed by atoms with Crippen LogP contribution in [0.1, 0.15) is 31.2 Å². The van der Waals surface area contributed by atoms with Gasteiger partial charge in [0.2, 0.25) is 6.29 Å². The van der Waals surface area contributed by atoms with E-state index in [0.717, 1.165) is 11.3 Å². The summed E-state index contributed by atoms with van der Waals surface area (Å²) in [5, 5.41) is 33.1. The van der Waals surface area contributed by atoms with Crippen LogP contribution in [0.2, 0.25) is 0 Å². The van der Waals surface area contributed by atoms with E-state index in [9.17, 15) is 24.9 Å². The van der Waals surface area contributed by atoms with E-state index in [1.54, 1.807) is 13.0 Å². The Hall–Kier alpha value is -2.00. The predicted octanol–water partition coefficient (Wildman–Crippen LogP) is 0.196. The van der Waals surface area contributed by atoms with Crippen LogP contribution in [-0.2, 0) is 14.3 Å². The highest BCUT2D eigenvalue weighted by atomic mass is 16.7. The molecule has 4 N–H and O–H groups in total. The van der Waals surface area contributed by atoms with E-state index in [1.807, 2.05) is 12.1 Å². The molecule has 3 fully saturated rings. The highest BCUT2D eigenvalue weighted by molar-refractivity contribution is 6.11. The minimum atomic E-state index is -1.38. The minimum Gasteiger partial charge on any atom is -0.460 e. The van der Waals surface area contributed by atoms with E-state index in [2.05, 4.69) is 5.32 Å². The molecule has 8 heteroatoms. The Labute approximate surface area is 167 Å². The van der Waals surface area contributed by atoms with Crippen molar-refractivity contribution < 1.29 is 34.4 Å². The second-order valence-corrected chi connectivity index (χ2v) is 8.66. The molecule has 1 aromatic rings. The molecule has 0 spiro atoms. The van der Waals surface area contributed by atoms with Crippen molar-refractivity contribution in [1.29, 1.82) is 0 Å². The minimum absolute atomic E-state index is 0.0441. The Morgan fingerprint density at radius 2 is 1.76 bits per heavy atom. The molecule has 156 valence electrons. The number of rotatable bonds is 2. The largest absolute Gasteiger partial charge is 0.460 e. The molecule has 29 heavy (non-hydrogen) atoms. The number of para-hydroxylation sites is 1. The van der Waals surface area contributed by atoms with E-state index in [1.165, 1.54) is 0 Å². The maximum Gasteiger partial charge on any atom is 0.228 e. The van der Waals surface area contributed by atoms with Gasteiger partial charge in [-0.05, 0) is 31.4 Å². The molecule has 5 rings (SSSR count).